The van der Waals surface area contributed by atoms with Crippen LogP contribution in [0.15, 0.2) is 65.2 Å². The first-order chi connectivity index (χ1) is 24.2. The summed E-state index contributed by atoms with van der Waals surface area (Å²) in [5.41, 5.74) is 8.74. The van der Waals surface area contributed by atoms with Crippen molar-refractivity contribution in [2.24, 2.45) is 5.92 Å². The Bertz CT molecular complexity index is 2310. The molecule has 3 aromatic carbocycles. The quantitative estimate of drug-likeness (QED) is 0.165. The maximum absolute atomic E-state index is 14.2. The summed E-state index contributed by atoms with van der Waals surface area (Å²) in [7, 11) is 0. The van der Waals surface area contributed by atoms with Crippen LogP contribution in [0.1, 0.15) is 40.9 Å². The standard InChI is InChI=1S/C37H31ClF2N6O4/c1-19-23(4-2-5-24(19)36-43-29-13-20(18-47)12-27(38)32(29)50-36)25-6-3-7-30-26(25)9-11-46(30)35-31-28(42-34(44-35)33(39)40)14-21(15-41-31)16-45-10-8-22(17-45)37(48)49/h2-7,12-15,22,33,47H,8-11,16-18H2,1H3,(H,48,49)/t22-/m1/s1. The molecule has 0 aliphatic carbocycles. The number of aliphatic hydroxyl groups is 1. The van der Waals surface area contributed by atoms with Crippen molar-refractivity contribution in [2.75, 3.05) is 24.5 Å². The molecule has 0 bridgehead atoms. The summed E-state index contributed by atoms with van der Waals surface area (Å²) in [4.78, 5) is 33.3. The molecular formula is C37H31ClF2N6O4. The molecule has 6 aromatic rings. The molecule has 10 nitrogen and oxygen atoms in total. The highest BCUT2D eigenvalue weighted by Gasteiger charge is 2.30. The number of aromatic nitrogens is 4. The number of hydrogen-bond acceptors (Lipinski definition) is 9. The molecule has 0 radical (unpaired) electrons. The Morgan fingerprint density at radius 3 is 2.58 bits per heavy atom. The van der Waals surface area contributed by atoms with Gasteiger partial charge in [-0.25, -0.2) is 23.7 Å². The van der Waals surface area contributed by atoms with E-state index in [0.717, 1.165) is 39.1 Å². The number of fused-ring (bicyclic) bond motifs is 3. The minimum absolute atomic E-state index is 0.164. The largest absolute Gasteiger partial charge is 0.481 e. The van der Waals surface area contributed by atoms with Crippen molar-refractivity contribution in [3.05, 3.63) is 93.9 Å². The number of benzene rings is 3. The van der Waals surface area contributed by atoms with Gasteiger partial charge in [0.25, 0.3) is 6.43 Å². The third-order valence-electron chi connectivity index (χ3n) is 9.64. The van der Waals surface area contributed by atoms with E-state index in [-0.39, 0.29) is 6.61 Å². The van der Waals surface area contributed by atoms with Crippen molar-refractivity contribution in [3.8, 4) is 22.6 Å². The Kier molecular flexibility index (Phi) is 8.17. The van der Waals surface area contributed by atoms with E-state index in [1.807, 2.05) is 53.1 Å². The summed E-state index contributed by atoms with van der Waals surface area (Å²) in [6, 6.07) is 17.0. The number of carbonyl (C=O) groups is 1. The maximum Gasteiger partial charge on any atom is 0.307 e. The zero-order valence-electron chi connectivity index (χ0n) is 26.9. The Balaban J connectivity index is 1.16. The van der Waals surface area contributed by atoms with Crippen LogP contribution in [-0.2, 0) is 24.4 Å². The molecule has 8 rings (SSSR count). The van der Waals surface area contributed by atoms with Gasteiger partial charge in [0.05, 0.1) is 23.1 Å². The third-order valence-corrected chi connectivity index (χ3v) is 9.92. The van der Waals surface area contributed by atoms with E-state index in [4.69, 9.17) is 16.0 Å². The second-order valence-electron chi connectivity index (χ2n) is 12.8. The molecule has 1 saturated heterocycles. The lowest BCUT2D eigenvalue weighted by molar-refractivity contribution is -0.141. The Hall–Kier alpha value is -5.04. The molecule has 2 aliphatic rings. The molecule has 13 heteroatoms. The van der Waals surface area contributed by atoms with Gasteiger partial charge in [-0.05, 0) is 90.0 Å². The van der Waals surface area contributed by atoms with Crippen LogP contribution in [0.4, 0.5) is 20.3 Å². The summed E-state index contributed by atoms with van der Waals surface area (Å²) >= 11 is 6.43. The Labute approximate surface area is 290 Å². The number of oxazole rings is 1. The highest BCUT2D eigenvalue weighted by atomic mass is 35.5. The van der Waals surface area contributed by atoms with E-state index < -0.39 is 24.1 Å². The van der Waals surface area contributed by atoms with Crippen LogP contribution in [0.25, 0.3) is 44.7 Å². The number of likely N-dealkylation sites (tertiary alicyclic amines) is 1. The number of aliphatic hydroxyl groups excluding tert-OH is 1. The number of anilines is 2. The average molecular weight is 697 g/mol. The first-order valence-electron chi connectivity index (χ1n) is 16.3. The highest BCUT2D eigenvalue weighted by Crippen LogP contribution is 2.43. The first kappa shape index (κ1) is 32.2. The van der Waals surface area contributed by atoms with Gasteiger partial charge in [0.1, 0.15) is 11.0 Å². The number of rotatable bonds is 8. The molecule has 0 amide bonds. The Morgan fingerprint density at radius 1 is 1.02 bits per heavy atom. The predicted octanol–water partition coefficient (Wildman–Crippen LogP) is 7.49. The summed E-state index contributed by atoms with van der Waals surface area (Å²) in [5.74, 6) is -1.08. The third kappa shape index (κ3) is 5.62. The van der Waals surface area contributed by atoms with Crippen LogP contribution in [0, 0.1) is 12.8 Å². The van der Waals surface area contributed by atoms with Gasteiger partial charge in [0.2, 0.25) is 5.89 Å². The van der Waals surface area contributed by atoms with E-state index in [1.54, 1.807) is 24.4 Å². The number of carboxylic acid groups (broad SMARTS) is 1. The SMILES string of the molecule is Cc1c(-c2nc3cc(CO)cc(Cl)c3o2)cccc1-c1cccc2c1CCN2c1nc(C(F)F)nc2cc(CN3CC[C@@H](C(=O)O)C3)cnc12. The molecule has 5 heterocycles. The van der Waals surface area contributed by atoms with Crippen LogP contribution in [0.2, 0.25) is 5.02 Å². The maximum atomic E-state index is 14.2. The fourth-order valence-electron chi connectivity index (χ4n) is 7.19. The number of pyridine rings is 1. The van der Waals surface area contributed by atoms with Crippen molar-refractivity contribution in [2.45, 2.75) is 39.3 Å². The lowest BCUT2D eigenvalue weighted by Gasteiger charge is -2.21. The molecule has 2 N–H and O–H groups in total. The topological polar surface area (TPSA) is 129 Å². The second-order valence-corrected chi connectivity index (χ2v) is 13.2. The predicted molar refractivity (Wildman–Crippen MR) is 185 cm³/mol. The fourth-order valence-corrected chi connectivity index (χ4v) is 7.46. The van der Waals surface area contributed by atoms with Gasteiger partial charge in [-0.1, -0.05) is 35.9 Å². The molecule has 3 aromatic heterocycles. The lowest BCUT2D eigenvalue weighted by Crippen LogP contribution is -2.23. The number of nitrogens with zero attached hydrogens (tertiary/aromatic N) is 6. The number of aliphatic carboxylic acids is 1. The molecule has 50 heavy (non-hydrogen) atoms. The monoisotopic (exact) mass is 696 g/mol. The summed E-state index contributed by atoms with van der Waals surface area (Å²) in [5, 5.41) is 19.4. The van der Waals surface area contributed by atoms with Crippen molar-refractivity contribution in [1.82, 2.24) is 24.8 Å². The van der Waals surface area contributed by atoms with Crippen LogP contribution >= 0.6 is 11.6 Å². The van der Waals surface area contributed by atoms with Gasteiger partial charge in [0, 0.05) is 37.1 Å². The molecule has 1 fully saturated rings. The van der Waals surface area contributed by atoms with Crippen LogP contribution in [-0.4, -0.2) is 60.7 Å². The van der Waals surface area contributed by atoms with Crippen molar-refractivity contribution >= 4 is 51.2 Å². The summed E-state index contributed by atoms with van der Waals surface area (Å²) in [6.07, 6.45) is 0.0194. The van der Waals surface area contributed by atoms with Crippen molar-refractivity contribution in [3.63, 3.8) is 0 Å². The number of carboxylic acids is 1. The molecule has 0 unspecified atom stereocenters. The minimum atomic E-state index is -2.88. The molecule has 254 valence electrons. The zero-order chi connectivity index (χ0) is 34.7. The van der Waals surface area contributed by atoms with Gasteiger partial charge in [0.15, 0.2) is 17.2 Å². The molecule has 0 saturated carbocycles. The molecule has 0 spiro atoms. The van der Waals surface area contributed by atoms with Gasteiger partial charge in [-0.2, -0.15) is 0 Å². The van der Waals surface area contributed by atoms with E-state index in [9.17, 15) is 23.8 Å². The minimum Gasteiger partial charge on any atom is -0.481 e. The van der Waals surface area contributed by atoms with Crippen LogP contribution < -0.4 is 4.90 Å². The van der Waals surface area contributed by atoms with Crippen molar-refractivity contribution < 1.29 is 28.2 Å². The molecular weight excluding hydrogens is 666 g/mol. The molecule has 2 aliphatic heterocycles. The van der Waals surface area contributed by atoms with Crippen LogP contribution in [0.3, 0.4) is 0 Å². The van der Waals surface area contributed by atoms with E-state index >= 15 is 0 Å². The van der Waals surface area contributed by atoms with Crippen LogP contribution in [0.5, 0.6) is 0 Å². The average Bonchev–Trinajstić information content (AvgIpc) is 3.87. The fraction of sp³-hybridized carbons (Fsp3) is 0.270. The van der Waals surface area contributed by atoms with Gasteiger partial charge >= 0.3 is 5.97 Å². The van der Waals surface area contributed by atoms with E-state index in [2.05, 4.69) is 19.9 Å². The summed E-state index contributed by atoms with van der Waals surface area (Å²) in [6.45, 7) is 3.85. The van der Waals surface area contributed by atoms with Gasteiger partial charge in [-0.15, -0.1) is 0 Å². The van der Waals surface area contributed by atoms with Crippen molar-refractivity contribution in [1.29, 1.82) is 0 Å². The van der Waals surface area contributed by atoms with E-state index in [0.29, 0.717) is 83.4 Å². The first-order valence-corrected chi connectivity index (χ1v) is 16.7. The number of alkyl halides is 2. The van der Waals surface area contributed by atoms with Gasteiger partial charge < -0.3 is 19.5 Å². The van der Waals surface area contributed by atoms with Gasteiger partial charge in [-0.3, -0.25) is 14.7 Å². The Morgan fingerprint density at radius 2 is 1.80 bits per heavy atom. The zero-order valence-corrected chi connectivity index (χ0v) is 27.7. The number of halogens is 3. The second kappa shape index (κ2) is 12.7. The lowest BCUT2D eigenvalue weighted by atomic mass is 9.92. The van der Waals surface area contributed by atoms with E-state index in [1.165, 1.54) is 0 Å². The summed E-state index contributed by atoms with van der Waals surface area (Å²) < 4.78 is 34.5. The normalized spacial score (nSPS) is 16.3. The molecule has 1 atom stereocenters. The number of hydrogen-bond donors (Lipinski definition) is 2. The smallest absolute Gasteiger partial charge is 0.307 e. The highest BCUT2D eigenvalue weighted by molar-refractivity contribution is 6.34.